The highest BCUT2D eigenvalue weighted by atomic mass is 16.1. The van der Waals surface area contributed by atoms with Gasteiger partial charge in [-0.15, -0.1) is 0 Å². The largest absolute Gasteiger partial charge is 0.298 e. The van der Waals surface area contributed by atoms with Gasteiger partial charge in [-0.2, -0.15) is 0 Å². The van der Waals surface area contributed by atoms with E-state index in [-0.39, 0.29) is 12.0 Å². The van der Waals surface area contributed by atoms with E-state index in [1.807, 2.05) is 13.8 Å². The lowest BCUT2D eigenvalue weighted by Crippen LogP contribution is -2.42. The minimum Gasteiger partial charge on any atom is -0.298 e. The first kappa shape index (κ1) is 13.1. The van der Waals surface area contributed by atoms with Gasteiger partial charge >= 0.3 is 0 Å². The number of nitrogens with zero attached hydrogens (tertiary/aromatic N) is 1. The van der Waals surface area contributed by atoms with Crippen LogP contribution < -0.4 is 0 Å². The molecular formula is C15H27NO. The van der Waals surface area contributed by atoms with Gasteiger partial charge in [-0.05, 0) is 38.5 Å². The fraction of sp³-hybridized carbons (Fsp3) is 0.933. The summed E-state index contributed by atoms with van der Waals surface area (Å²) in [5.74, 6) is 0.639. The zero-order chi connectivity index (χ0) is 12.6. The van der Waals surface area contributed by atoms with Gasteiger partial charge in [0.05, 0.1) is 6.04 Å². The Labute approximate surface area is 106 Å². The maximum atomic E-state index is 12.4. The fourth-order valence-electron chi connectivity index (χ4n) is 3.77. The van der Waals surface area contributed by atoms with Crippen LogP contribution in [-0.4, -0.2) is 29.3 Å². The Hall–Kier alpha value is -0.370. The van der Waals surface area contributed by atoms with Gasteiger partial charge < -0.3 is 0 Å². The molecule has 2 heteroatoms. The zero-order valence-corrected chi connectivity index (χ0v) is 11.8. The molecular weight excluding hydrogens is 210 g/mol. The maximum Gasteiger partial charge on any atom is 0.152 e. The Morgan fingerprint density at radius 2 is 1.76 bits per heavy atom. The van der Waals surface area contributed by atoms with E-state index in [2.05, 4.69) is 18.7 Å². The van der Waals surface area contributed by atoms with Crippen molar-refractivity contribution in [2.45, 2.75) is 71.9 Å². The van der Waals surface area contributed by atoms with E-state index in [1.165, 1.54) is 25.7 Å². The third kappa shape index (κ3) is 2.42. The van der Waals surface area contributed by atoms with Crippen molar-refractivity contribution in [1.29, 1.82) is 0 Å². The number of Topliss-reactive ketones (excluding diaryl/α,β-unsaturated/α-hetero) is 1. The lowest BCUT2D eigenvalue weighted by atomic mass is 9.82. The van der Waals surface area contributed by atoms with E-state index in [0.717, 1.165) is 13.0 Å². The van der Waals surface area contributed by atoms with Gasteiger partial charge in [0.1, 0.15) is 0 Å². The van der Waals surface area contributed by atoms with E-state index < -0.39 is 0 Å². The Bertz CT molecular complexity index is 289. The highest BCUT2D eigenvalue weighted by Crippen LogP contribution is 2.48. The molecule has 0 radical (unpaired) electrons. The molecule has 1 saturated carbocycles. The lowest BCUT2D eigenvalue weighted by molar-refractivity contribution is -0.126. The second-order valence-corrected chi connectivity index (χ2v) is 6.75. The van der Waals surface area contributed by atoms with Gasteiger partial charge in [0, 0.05) is 18.5 Å². The molecule has 0 N–H and O–H groups in total. The van der Waals surface area contributed by atoms with Crippen LogP contribution in [0.15, 0.2) is 0 Å². The average molecular weight is 237 g/mol. The first-order chi connectivity index (χ1) is 7.95. The number of ketones is 1. The standard InChI is InChI=1S/C15H27NO/c1-11(2)14(17)13-9-15(7-5-6-8-15)10-16(13)12(3)4/h11-13H,5-10H2,1-4H3. The Kier molecular flexibility index (Phi) is 3.63. The van der Waals surface area contributed by atoms with Crippen LogP contribution in [0.1, 0.15) is 59.8 Å². The quantitative estimate of drug-likeness (QED) is 0.751. The van der Waals surface area contributed by atoms with Gasteiger partial charge in [-0.3, -0.25) is 9.69 Å². The van der Waals surface area contributed by atoms with E-state index >= 15 is 0 Å². The molecule has 0 aromatic heterocycles. The molecule has 1 saturated heterocycles. The molecule has 0 bridgehead atoms. The topological polar surface area (TPSA) is 20.3 Å². The molecule has 0 aromatic rings. The summed E-state index contributed by atoms with van der Waals surface area (Å²) in [5, 5.41) is 0. The summed E-state index contributed by atoms with van der Waals surface area (Å²) in [5.41, 5.74) is 0.486. The molecule has 1 atom stereocenters. The number of hydrogen-bond acceptors (Lipinski definition) is 2. The summed E-state index contributed by atoms with van der Waals surface area (Å²) in [6.45, 7) is 9.71. The number of likely N-dealkylation sites (tertiary alicyclic amines) is 1. The SMILES string of the molecule is CC(C)C(=O)C1CC2(CCCC2)CN1C(C)C. The maximum absolute atomic E-state index is 12.4. The second-order valence-electron chi connectivity index (χ2n) is 6.75. The third-order valence-corrected chi connectivity index (χ3v) is 4.77. The Morgan fingerprint density at radius 3 is 2.24 bits per heavy atom. The molecule has 0 aromatic carbocycles. The fourth-order valence-corrected chi connectivity index (χ4v) is 3.77. The molecule has 17 heavy (non-hydrogen) atoms. The van der Waals surface area contributed by atoms with Gasteiger partial charge in [0.25, 0.3) is 0 Å². The highest BCUT2D eigenvalue weighted by Gasteiger charge is 2.48. The number of rotatable bonds is 3. The van der Waals surface area contributed by atoms with Crippen molar-refractivity contribution in [3.63, 3.8) is 0 Å². The van der Waals surface area contributed by atoms with Crippen LogP contribution in [0.5, 0.6) is 0 Å². The lowest BCUT2D eigenvalue weighted by Gasteiger charge is -2.28. The summed E-state index contributed by atoms with van der Waals surface area (Å²) in [4.78, 5) is 14.8. The Balaban J connectivity index is 2.16. The van der Waals surface area contributed by atoms with Crippen LogP contribution in [0.25, 0.3) is 0 Å². The zero-order valence-electron chi connectivity index (χ0n) is 11.8. The smallest absolute Gasteiger partial charge is 0.152 e. The molecule has 98 valence electrons. The number of carbonyl (C=O) groups excluding carboxylic acids is 1. The van der Waals surface area contributed by atoms with Crippen LogP contribution in [0.2, 0.25) is 0 Å². The minimum atomic E-state index is 0.179. The van der Waals surface area contributed by atoms with Crippen molar-refractivity contribution in [3.8, 4) is 0 Å². The third-order valence-electron chi connectivity index (χ3n) is 4.77. The summed E-state index contributed by atoms with van der Waals surface area (Å²) < 4.78 is 0. The van der Waals surface area contributed by atoms with Crippen molar-refractivity contribution in [3.05, 3.63) is 0 Å². The normalized spacial score (nSPS) is 28.7. The summed E-state index contributed by atoms with van der Waals surface area (Å²) in [6, 6.07) is 0.704. The molecule has 1 aliphatic heterocycles. The van der Waals surface area contributed by atoms with Gasteiger partial charge in [0.2, 0.25) is 0 Å². The summed E-state index contributed by atoms with van der Waals surface area (Å²) >= 11 is 0. The van der Waals surface area contributed by atoms with Crippen molar-refractivity contribution in [2.75, 3.05) is 6.54 Å². The molecule has 2 nitrogen and oxygen atoms in total. The first-order valence-corrected chi connectivity index (χ1v) is 7.25. The van der Waals surface area contributed by atoms with E-state index in [1.54, 1.807) is 0 Å². The van der Waals surface area contributed by atoms with E-state index in [0.29, 0.717) is 17.2 Å². The Morgan fingerprint density at radius 1 is 1.18 bits per heavy atom. The van der Waals surface area contributed by atoms with Crippen LogP contribution in [0.4, 0.5) is 0 Å². The molecule has 1 spiro atoms. The molecule has 0 amide bonds. The van der Waals surface area contributed by atoms with E-state index in [9.17, 15) is 4.79 Å². The molecule has 2 aliphatic rings. The van der Waals surface area contributed by atoms with Gasteiger partial charge in [-0.1, -0.05) is 26.7 Å². The van der Waals surface area contributed by atoms with Crippen molar-refractivity contribution in [1.82, 2.24) is 4.90 Å². The van der Waals surface area contributed by atoms with Crippen LogP contribution in [-0.2, 0) is 4.79 Å². The van der Waals surface area contributed by atoms with Gasteiger partial charge in [0.15, 0.2) is 5.78 Å². The molecule has 1 aliphatic carbocycles. The molecule has 1 heterocycles. The van der Waals surface area contributed by atoms with Crippen molar-refractivity contribution < 1.29 is 4.79 Å². The summed E-state index contributed by atoms with van der Waals surface area (Å²) in [7, 11) is 0. The number of hydrogen-bond donors (Lipinski definition) is 0. The first-order valence-electron chi connectivity index (χ1n) is 7.25. The molecule has 1 unspecified atom stereocenters. The van der Waals surface area contributed by atoms with Crippen LogP contribution in [0, 0.1) is 11.3 Å². The van der Waals surface area contributed by atoms with Crippen molar-refractivity contribution in [2.24, 2.45) is 11.3 Å². The average Bonchev–Trinajstić information content (AvgIpc) is 2.86. The van der Waals surface area contributed by atoms with Crippen LogP contribution >= 0.6 is 0 Å². The number of carbonyl (C=O) groups is 1. The van der Waals surface area contributed by atoms with Gasteiger partial charge in [-0.25, -0.2) is 0 Å². The summed E-state index contributed by atoms with van der Waals surface area (Å²) in [6.07, 6.45) is 6.56. The minimum absolute atomic E-state index is 0.179. The monoisotopic (exact) mass is 237 g/mol. The predicted molar refractivity (Wildman–Crippen MR) is 71.0 cm³/mol. The van der Waals surface area contributed by atoms with Crippen LogP contribution in [0.3, 0.4) is 0 Å². The molecule has 2 fully saturated rings. The van der Waals surface area contributed by atoms with Crippen molar-refractivity contribution >= 4 is 5.78 Å². The highest BCUT2D eigenvalue weighted by molar-refractivity contribution is 5.86. The predicted octanol–water partition coefficient (Wildman–Crippen LogP) is 3.25. The molecule has 2 rings (SSSR count). The van der Waals surface area contributed by atoms with E-state index in [4.69, 9.17) is 0 Å². The second kappa shape index (κ2) is 4.72.